The number of thiol groups is 1. The SMILES string of the molecule is CSc1sc2cccc(S)c2c1C=O. The van der Waals surface area contributed by atoms with E-state index in [1.807, 2.05) is 24.5 Å². The molecule has 2 aromatic rings. The first kappa shape index (κ1) is 10.1. The minimum atomic E-state index is 0.781. The molecule has 1 heterocycles. The second-order valence-corrected chi connectivity index (χ2v) is 5.38. The first-order chi connectivity index (χ1) is 6.77. The van der Waals surface area contributed by atoms with Crippen LogP contribution < -0.4 is 0 Å². The average Bonchev–Trinajstić information content (AvgIpc) is 2.56. The van der Waals surface area contributed by atoms with E-state index in [1.54, 1.807) is 23.1 Å². The number of rotatable bonds is 2. The van der Waals surface area contributed by atoms with Crippen LogP contribution in [0.2, 0.25) is 0 Å². The van der Waals surface area contributed by atoms with Crippen molar-refractivity contribution in [2.75, 3.05) is 6.26 Å². The zero-order chi connectivity index (χ0) is 10.1. The molecule has 0 aliphatic rings. The van der Waals surface area contributed by atoms with Gasteiger partial charge < -0.3 is 0 Å². The third-order valence-electron chi connectivity index (χ3n) is 2.00. The fourth-order valence-electron chi connectivity index (χ4n) is 1.39. The number of carbonyl (C=O) groups is 1. The molecule has 1 aromatic carbocycles. The van der Waals surface area contributed by atoms with Crippen molar-refractivity contribution in [3.8, 4) is 0 Å². The minimum Gasteiger partial charge on any atom is -0.298 e. The summed E-state index contributed by atoms with van der Waals surface area (Å²) < 4.78 is 2.19. The van der Waals surface area contributed by atoms with Crippen molar-refractivity contribution >= 4 is 52.1 Å². The largest absolute Gasteiger partial charge is 0.298 e. The van der Waals surface area contributed by atoms with Crippen molar-refractivity contribution < 1.29 is 4.79 Å². The molecule has 0 aliphatic heterocycles. The Bertz CT molecular complexity index is 487. The molecule has 4 heteroatoms. The smallest absolute Gasteiger partial charge is 0.152 e. The van der Waals surface area contributed by atoms with Crippen LogP contribution in [0.25, 0.3) is 10.1 Å². The third-order valence-corrected chi connectivity index (χ3v) is 4.68. The van der Waals surface area contributed by atoms with Gasteiger partial charge in [0, 0.05) is 20.5 Å². The zero-order valence-electron chi connectivity index (χ0n) is 7.48. The summed E-state index contributed by atoms with van der Waals surface area (Å²) in [7, 11) is 0. The molecule has 1 aromatic heterocycles. The standard InChI is InChI=1S/C10H8OS3/c1-13-10-6(5-11)9-7(12)3-2-4-8(9)14-10/h2-5,12H,1H3. The van der Waals surface area contributed by atoms with Gasteiger partial charge in [-0.15, -0.1) is 35.7 Å². The fraction of sp³-hybridized carbons (Fsp3) is 0.100. The highest BCUT2D eigenvalue weighted by atomic mass is 32.2. The van der Waals surface area contributed by atoms with Gasteiger partial charge in [-0.3, -0.25) is 4.79 Å². The number of thioether (sulfide) groups is 1. The molecule has 0 radical (unpaired) electrons. The number of aldehydes is 1. The van der Waals surface area contributed by atoms with E-state index in [0.29, 0.717) is 0 Å². The monoisotopic (exact) mass is 240 g/mol. The van der Waals surface area contributed by atoms with Crippen LogP contribution in [0.3, 0.4) is 0 Å². The predicted octanol–water partition coefficient (Wildman–Crippen LogP) is 3.72. The molecule has 0 N–H and O–H groups in total. The third kappa shape index (κ3) is 1.47. The van der Waals surface area contributed by atoms with Crippen LogP contribution in [0.1, 0.15) is 10.4 Å². The van der Waals surface area contributed by atoms with Gasteiger partial charge in [0.05, 0.1) is 4.21 Å². The summed E-state index contributed by atoms with van der Waals surface area (Å²) in [5.74, 6) is 0. The first-order valence-electron chi connectivity index (χ1n) is 4.01. The lowest BCUT2D eigenvalue weighted by atomic mass is 10.2. The van der Waals surface area contributed by atoms with Gasteiger partial charge in [0.15, 0.2) is 6.29 Å². The summed E-state index contributed by atoms with van der Waals surface area (Å²) in [5, 5.41) is 0.986. The second-order valence-electron chi connectivity index (χ2n) is 2.78. The highest BCUT2D eigenvalue weighted by Crippen LogP contribution is 2.38. The maximum atomic E-state index is 11.0. The summed E-state index contributed by atoms with van der Waals surface area (Å²) >= 11 is 7.62. The molecule has 1 nitrogen and oxygen atoms in total. The van der Waals surface area contributed by atoms with E-state index < -0.39 is 0 Å². The molecule has 0 atom stereocenters. The Kier molecular flexibility index (Phi) is 2.85. The summed E-state index contributed by atoms with van der Waals surface area (Å²) in [6, 6.07) is 5.89. The van der Waals surface area contributed by atoms with Crippen molar-refractivity contribution in [3.05, 3.63) is 23.8 Å². The van der Waals surface area contributed by atoms with Crippen LogP contribution in [0.5, 0.6) is 0 Å². The molecule has 0 aliphatic carbocycles. The fourth-order valence-corrected chi connectivity index (χ4v) is 3.69. The van der Waals surface area contributed by atoms with Gasteiger partial charge in [0.2, 0.25) is 0 Å². The van der Waals surface area contributed by atoms with E-state index in [9.17, 15) is 4.79 Å². The van der Waals surface area contributed by atoms with Crippen molar-refractivity contribution in [2.24, 2.45) is 0 Å². The van der Waals surface area contributed by atoms with Gasteiger partial charge in [-0.25, -0.2) is 0 Å². The summed E-state index contributed by atoms with van der Waals surface area (Å²) in [5.41, 5.74) is 0.781. The zero-order valence-corrected chi connectivity index (χ0v) is 10.0. The van der Waals surface area contributed by atoms with Crippen LogP contribution in [-0.2, 0) is 0 Å². The Labute approximate surface area is 95.9 Å². The van der Waals surface area contributed by atoms with E-state index >= 15 is 0 Å². The van der Waals surface area contributed by atoms with E-state index in [4.69, 9.17) is 0 Å². The van der Waals surface area contributed by atoms with Crippen LogP contribution in [0, 0.1) is 0 Å². The Morgan fingerprint density at radius 2 is 2.29 bits per heavy atom. The number of hydrogen-bond acceptors (Lipinski definition) is 4. The molecule has 72 valence electrons. The van der Waals surface area contributed by atoms with Crippen molar-refractivity contribution in [2.45, 2.75) is 9.10 Å². The molecule has 14 heavy (non-hydrogen) atoms. The minimum absolute atomic E-state index is 0.781. The summed E-state index contributed by atoms with van der Waals surface area (Å²) in [6.45, 7) is 0. The Morgan fingerprint density at radius 3 is 2.93 bits per heavy atom. The normalized spacial score (nSPS) is 10.7. The quantitative estimate of drug-likeness (QED) is 0.489. The number of hydrogen-bond donors (Lipinski definition) is 1. The number of fused-ring (bicyclic) bond motifs is 1. The topological polar surface area (TPSA) is 17.1 Å². The lowest BCUT2D eigenvalue weighted by Crippen LogP contribution is -1.79. The highest BCUT2D eigenvalue weighted by molar-refractivity contribution is 8.00. The van der Waals surface area contributed by atoms with Crippen LogP contribution in [-0.4, -0.2) is 12.5 Å². The van der Waals surface area contributed by atoms with Gasteiger partial charge in [-0.1, -0.05) is 6.07 Å². The molecule has 0 fully saturated rings. The van der Waals surface area contributed by atoms with Crippen molar-refractivity contribution in [3.63, 3.8) is 0 Å². The number of benzene rings is 1. The number of carbonyl (C=O) groups excluding carboxylic acids is 1. The molecule has 0 spiro atoms. The Morgan fingerprint density at radius 1 is 1.50 bits per heavy atom. The lowest BCUT2D eigenvalue weighted by Gasteiger charge is -1.95. The van der Waals surface area contributed by atoms with Crippen LogP contribution in [0.4, 0.5) is 0 Å². The van der Waals surface area contributed by atoms with E-state index in [-0.39, 0.29) is 0 Å². The molecule has 2 rings (SSSR count). The molecule has 0 saturated heterocycles. The van der Waals surface area contributed by atoms with E-state index in [1.165, 1.54) is 0 Å². The van der Waals surface area contributed by atoms with Crippen molar-refractivity contribution in [1.29, 1.82) is 0 Å². The average molecular weight is 240 g/mol. The first-order valence-corrected chi connectivity index (χ1v) is 6.50. The lowest BCUT2D eigenvalue weighted by molar-refractivity contribution is 0.112. The Balaban J connectivity index is 2.88. The van der Waals surface area contributed by atoms with Crippen LogP contribution in [0.15, 0.2) is 27.3 Å². The maximum absolute atomic E-state index is 11.0. The van der Waals surface area contributed by atoms with Gasteiger partial charge in [0.25, 0.3) is 0 Å². The van der Waals surface area contributed by atoms with Gasteiger partial charge in [-0.2, -0.15) is 0 Å². The highest BCUT2D eigenvalue weighted by Gasteiger charge is 2.12. The van der Waals surface area contributed by atoms with Gasteiger partial charge in [0.1, 0.15) is 0 Å². The Hall–Kier alpha value is -0.450. The molecule has 0 saturated carbocycles. The molecule has 0 amide bonds. The maximum Gasteiger partial charge on any atom is 0.152 e. The number of thiophene rings is 1. The summed E-state index contributed by atoms with van der Waals surface area (Å²) in [6.07, 6.45) is 2.90. The second kappa shape index (κ2) is 3.96. The molecular weight excluding hydrogens is 232 g/mol. The van der Waals surface area contributed by atoms with Gasteiger partial charge in [-0.05, 0) is 18.4 Å². The van der Waals surface area contributed by atoms with Gasteiger partial charge >= 0.3 is 0 Å². The van der Waals surface area contributed by atoms with Crippen molar-refractivity contribution in [1.82, 2.24) is 0 Å². The summed E-state index contributed by atoms with van der Waals surface area (Å²) in [4.78, 5) is 11.8. The molecule has 0 unspecified atom stereocenters. The van der Waals surface area contributed by atoms with E-state index in [0.717, 1.165) is 31.0 Å². The van der Waals surface area contributed by atoms with E-state index in [2.05, 4.69) is 12.6 Å². The molecular formula is C10H8OS3. The predicted molar refractivity (Wildman–Crippen MR) is 66.2 cm³/mol. The molecule has 0 bridgehead atoms. The van der Waals surface area contributed by atoms with Crippen LogP contribution >= 0.6 is 35.7 Å².